The molecule has 0 aliphatic heterocycles. The minimum atomic E-state index is -0.234. The van der Waals surface area contributed by atoms with Crippen LogP contribution < -0.4 is 15.2 Å². The minimum Gasteiger partial charge on any atom is -0.492 e. The number of rotatable bonds is 6. The number of methoxy groups -OCH3 is 1. The fraction of sp³-hybridized carbons (Fsp3) is 0.600. The summed E-state index contributed by atoms with van der Waals surface area (Å²) in [4.78, 5) is 0. The van der Waals surface area contributed by atoms with E-state index in [2.05, 4.69) is 22.0 Å². The van der Waals surface area contributed by atoms with Crippen LogP contribution in [-0.2, 0) is 6.42 Å². The van der Waals surface area contributed by atoms with Crippen LogP contribution in [0.5, 0.6) is 11.5 Å². The van der Waals surface area contributed by atoms with Crippen LogP contribution in [0.4, 0.5) is 0 Å². The van der Waals surface area contributed by atoms with E-state index in [1.54, 1.807) is 7.11 Å². The second-order valence-corrected chi connectivity index (χ2v) is 6.88. The Morgan fingerprint density at radius 3 is 2.58 bits per heavy atom. The molecule has 4 heteroatoms. The molecule has 0 bridgehead atoms. The summed E-state index contributed by atoms with van der Waals surface area (Å²) in [6, 6.07) is 4.10. The predicted octanol–water partition coefficient (Wildman–Crippen LogP) is 3.53. The molecule has 0 atom stereocenters. The first-order chi connectivity index (χ1) is 8.89. The summed E-state index contributed by atoms with van der Waals surface area (Å²) >= 11 is 3.54. The van der Waals surface area contributed by atoms with Gasteiger partial charge in [0.25, 0.3) is 0 Å². The third-order valence-corrected chi connectivity index (χ3v) is 3.69. The van der Waals surface area contributed by atoms with Crippen molar-refractivity contribution in [1.29, 1.82) is 0 Å². The van der Waals surface area contributed by atoms with Gasteiger partial charge in [0.05, 0.1) is 18.2 Å². The highest BCUT2D eigenvalue weighted by molar-refractivity contribution is 9.10. The Hall–Kier alpha value is -0.740. The van der Waals surface area contributed by atoms with E-state index in [0.717, 1.165) is 40.5 Å². The standard InChI is InChI=1S/C15H22BrNO2/c1-15(2,17)8-11-6-12(16)14(18-3)13(7-11)19-9-10-4-5-10/h6-7,10H,4-5,8-9,17H2,1-3H3. The molecule has 0 radical (unpaired) electrons. The summed E-state index contributed by atoms with van der Waals surface area (Å²) in [6.45, 7) is 4.82. The molecule has 2 N–H and O–H groups in total. The molecule has 0 amide bonds. The third kappa shape index (κ3) is 4.39. The molecule has 2 rings (SSSR count). The van der Waals surface area contributed by atoms with Crippen molar-refractivity contribution in [2.75, 3.05) is 13.7 Å². The van der Waals surface area contributed by atoms with Crippen molar-refractivity contribution in [3.63, 3.8) is 0 Å². The molecule has 19 heavy (non-hydrogen) atoms. The van der Waals surface area contributed by atoms with Crippen LogP contribution >= 0.6 is 15.9 Å². The number of nitrogens with two attached hydrogens (primary N) is 1. The largest absolute Gasteiger partial charge is 0.492 e. The lowest BCUT2D eigenvalue weighted by molar-refractivity contribution is 0.279. The van der Waals surface area contributed by atoms with E-state index in [-0.39, 0.29) is 5.54 Å². The second-order valence-electron chi connectivity index (χ2n) is 6.03. The minimum absolute atomic E-state index is 0.234. The Morgan fingerprint density at radius 1 is 1.37 bits per heavy atom. The zero-order valence-electron chi connectivity index (χ0n) is 11.8. The molecule has 3 nitrogen and oxygen atoms in total. The van der Waals surface area contributed by atoms with E-state index in [1.165, 1.54) is 12.8 Å². The molecule has 0 heterocycles. The molecule has 1 aromatic rings. The molecule has 0 aromatic heterocycles. The van der Waals surface area contributed by atoms with Gasteiger partial charge in [0, 0.05) is 5.54 Å². The molecule has 1 aromatic carbocycles. The topological polar surface area (TPSA) is 44.5 Å². The number of benzene rings is 1. The third-order valence-electron chi connectivity index (χ3n) is 3.10. The van der Waals surface area contributed by atoms with Crippen LogP contribution in [0.2, 0.25) is 0 Å². The van der Waals surface area contributed by atoms with Crippen LogP contribution in [0.1, 0.15) is 32.3 Å². The van der Waals surface area contributed by atoms with E-state index in [1.807, 2.05) is 19.9 Å². The van der Waals surface area contributed by atoms with Crippen LogP contribution in [-0.4, -0.2) is 19.3 Å². The summed E-state index contributed by atoms with van der Waals surface area (Å²) in [7, 11) is 1.66. The Morgan fingerprint density at radius 2 is 2.05 bits per heavy atom. The van der Waals surface area contributed by atoms with Gasteiger partial charge in [-0.3, -0.25) is 0 Å². The molecule has 106 valence electrons. The average molecular weight is 328 g/mol. The first-order valence-corrected chi connectivity index (χ1v) is 7.46. The Bertz CT molecular complexity index is 450. The van der Waals surface area contributed by atoms with Crippen molar-refractivity contribution in [3.05, 3.63) is 22.2 Å². The van der Waals surface area contributed by atoms with Gasteiger partial charge in [-0.1, -0.05) is 0 Å². The van der Waals surface area contributed by atoms with Gasteiger partial charge in [0.15, 0.2) is 11.5 Å². The van der Waals surface area contributed by atoms with Crippen LogP contribution in [0, 0.1) is 5.92 Å². The van der Waals surface area contributed by atoms with E-state index in [9.17, 15) is 0 Å². The number of hydrogen-bond acceptors (Lipinski definition) is 3. The fourth-order valence-electron chi connectivity index (χ4n) is 2.05. The van der Waals surface area contributed by atoms with Crippen molar-refractivity contribution < 1.29 is 9.47 Å². The summed E-state index contributed by atoms with van der Waals surface area (Å²) in [6.07, 6.45) is 3.35. The normalized spacial score (nSPS) is 15.4. The van der Waals surface area contributed by atoms with Gasteiger partial charge < -0.3 is 15.2 Å². The summed E-state index contributed by atoms with van der Waals surface area (Å²) < 4.78 is 12.2. The maximum absolute atomic E-state index is 6.08. The predicted molar refractivity (Wildman–Crippen MR) is 80.9 cm³/mol. The highest BCUT2D eigenvalue weighted by Crippen LogP contribution is 2.38. The van der Waals surface area contributed by atoms with Crippen molar-refractivity contribution in [3.8, 4) is 11.5 Å². The van der Waals surface area contributed by atoms with E-state index in [4.69, 9.17) is 15.2 Å². The van der Waals surface area contributed by atoms with Gasteiger partial charge in [-0.05, 0) is 72.7 Å². The summed E-state index contributed by atoms with van der Waals surface area (Å²) in [5.74, 6) is 2.29. The van der Waals surface area contributed by atoms with Gasteiger partial charge in [0.2, 0.25) is 0 Å². The molecule has 1 saturated carbocycles. The highest BCUT2D eigenvalue weighted by Gasteiger charge is 2.23. The van der Waals surface area contributed by atoms with Gasteiger partial charge in [-0.25, -0.2) is 0 Å². The lowest BCUT2D eigenvalue weighted by Crippen LogP contribution is -2.34. The van der Waals surface area contributed by atoms with E-state index < -0.39 is 0 Å². The van der Waals surface area contributed by atoms with E-state index >= 15 is 0 Å². The van der Waals surface area contributed by atoms with Crippen molar-refractivity contribution >= 4 is 15.9 Å². The average Bonchev–Trinajstić information content (AvgIpc) is 3.07. The summed E-state index contributed by atoms with van der Waals surface area (Å²) in [5, 5.41) is 0. The number of halogens is 1. The van der Waals surface area contributed by atoms with Gasteiger partial charge >= 0.3 is 0 Å². The van der Waals surface area contributed by atoms with E-state index in [0.29, 0.717) is 0 Å². The van der Waals surface area contributed by atoms with Gasteiger partial charge in [-0.2, -0.15) is 0 Å². The zero-order chi connectivity index (χ0) is 14.0. The number of hydrogen-bond donors (Lipinski definition) is 1. The first-order valence-electron chi connectivity index (χ1n) is 6.67. The maximum atomic E-state index is 6.08. The Balaban J connectivity index is 2.20. The van der Waals surface area contributed by atoms with Crippen molar-refractivity contribution in [1.82, 2.24) is 0 Å². The Labute approximate surface area is 123 Å². The molecule has 0 saturated heterocycles. The van der Waals surface area contributed by atoms with Crippen molar-refractivity contribution in [2.24, 2.45) is 11.7 Å². The summed E-state index contributed by atoms with van der Waals surface area (Å²) in [5.41, 5.74) is 7.01. The highest BCUT2D eigenvalue weighted by atomic mass is 79.9. The lowest BCUT2D eigenvalue weighted by Gasteiger charge is -2.20. The molecule has 1 aliphatic rings. The molecular formula is C15H22BrNO2. The van der Waals surface area contributed by atoms with Crippen LogP contribution in [0.3, 0.4) is 0 Å². The molecule has 0 spiro atoms. The number of ether oxygens (including phenoxy) is 2. The van der Waals surface area contributed by atoms with Crippen molar-refractivity contribution in [2.45, 2.75) is 38.6 Å². The fourth-order valence-corrected chi connectivity index (χ4v) is 2.70. The zero-order valence-corrected chi connectivity index (χ0v) is 13.4. The van der Waals surface area contributed by atoms with Crippen LogP contribution in [0.25, 0.3) is 0 Å². The first kappa shape index (κ1) is 14.7. The molecule has 1 fully saturated rings. The molecular weight excluding hydrogens is 306 g/mol. The van der Waals surface area contributed by atoms with Crippen LogP contribution in [0.15, 0.2) is 16.6 Å². The Kier molecular flexibility index (Phi) is 4.41. The lowest BCUT2D eigenvalue weighted by atomic mass is 9.96. The SMILES string of the molecule is COc1c(Br)cc(CC(C)(C)N)cc1OCC1CC1. The van der Waals surface area contributed by atoms with Gasteiger partial charge in [-0.15, -0.1) is 0 Å². The molecule has 1 aliphatic carbocycles. The quantitative estimate of drug-likeness (QED) is 0.869. The molecule has 0 unspecified atom stereocenters. The van der Waals surface area contributed by atoms with Gasteiger partial charge in [0.1, 0.15) is 0 Å². The second kappa shape index (κ2) is 5.71. The monoisotopic (exact) mass is 327 g/mol. The smallest absolute Gasteiger partial charge is 0.174 e. The maximum Gasteiger partial charge on any atom is 0.174 e.